The molecule has 0 saturated carbocycles. The van der Waals surface area contributed by atoms with E-state index in [1.54, 1.807) is 37.4 Å². The molecule has 1 heterocycles. The number of hydrogen-bond donors (Lipinski definition) is 1. The third-order valence-corrected chi connectivity index (χ3v) is 5.60. The molecule has 1 radical (unpaired) electrons. The number of hydrogen-bond acceptors (Lipinski definition) is 3. The summed E-state index contributed by atoms with van der Waals surface area (Å²) in [5, 5.41) is 0. The largest absolute Gasteiger partial charge is 0.256 e. The van der Waals surface area contributed by atoms with E-state index in [1.807, 2.05) is 0 Å². The maximum Gasteiger partial charge on any atom is 0.217 e. The molecule has 0 amide bonds. The Morgan fingerprint density at radius 3 is 2.26 bits per heavy atom. The van der Waals surface area contributed by atoms with Crippen LogP contribution in [0.2, 0.25) is 0 Å². The Bertz CT molecular complexity index is 764. The number of aromatic nitrogens is 1. The highest BCUT2D eigenvalue weighted by Crippen LogP contribution is 2.22. The third-order valence-electron chi connectivity index (χ3n) is 3.49. The number of sulfonamides is 1. The Labute approximate surface area is 136 Å². The van der Waals surface area contributed by atoms with E-state index >= 15 is 0 Å². The number of halogens is 1. The fourth-order valence-corrected chi connectivity index (χ4v) is 2.83. The first-order valence-electron chi connectivity index (χ1n) is 7.19. The molecule has 0 spiro atoms. The molecule has 123 valence electrons. The maximum absolute atomic E-state index is 12.9. The first-order chi connectivity index (χ1) is 10.6. The molecule has 0 bridgehead atoms. The Balaban J connectivity index is 2.18. The Morgan fingerprint density at radius 2 is 1.78 bits per heavy atom. The molecule has 1 aromatic carbocycles. The van der Waals surface area contributed by atoms with E-state index in [0.717, 1.165) is 11.1 Å². The van der Waals surface area contributed by atoms with Crippen molar-refractivity contribution in [2.24, 2.45) is 0 Å². The van der Waals surface area contributed by atoms with Crippen LogP contribution in [0.15, 0.2) is 42.6 Å². The number of pyridine rings is 1. The summed E-state index contributed by atoms with van der Waals surface area (Å²) in [6, 6.07) is 9.20. The molecule has 6 heteroatoms. The second-order valence-electron chi connectivity index (χ2n) is 6.09. The van der Waals surface area contributed by atoms with Crippen LogP contribution in [0.3, 0.4) is 0 Å². The van der Waals surface area contributed by atoms with Gasteiger partial charge in [-0.25, -0.2) is 17.5 Å². The van der Waals surface area contributed by atoms with Gasteiger partial charge in [0.05, 0.1) is 10.4 Å². The van der Waals surface area contributed by atoms with Crippen LogP contribution >= 0.6 is 0 Å². The quantitative estimate of drug-likeness (QED) is 0.910. The average Bonchev–Trinajstić information content (AvgIpc) is 2.46. The lowest BCUT2D eigenvalue weighted by molar-refractivity contribution is 0.542. The van der Waals surface area contributed by atoms with Gasteiger partial charge in [-0.3, -0.25) is 4.98 Å². The zero-order valence-corrected chi connectivity index (χ0v) is 14.2. The monoisotopic (exact) mass is 335 g/mol. The van der Waals surface area contributed by atoms with E-state index in [1.165, 1.54) is 26.0 Å². The summed E-state index contributed by atoms with van der Waals surface area (Å²) in [5.74, 6) is -0.302. The highest BCUT2D eigenvalue weighted by molar-refractivity contribution is 7.90. The highest BCUT2D eigenvalue weighted by atomic mass is 32.2. The van der Waals surface area contributed by atoms with Crippen molar-refractivity contribution < 1.29 is 12.8 Å². The van der Waals surface area contributed by atoms with Gasteiger partial charge in [0, 0.05) is 17.8 Å². The zero-order chi connectivity index (χ0) is 17.3. The number of nitrogens with zero attached hydrogens (tertiary/aromatic N) is 1. The highest BCUT2D eigenvalue weighted by Gasteiger charge is 2.30. The summed E-state index contributed by atoms with van der Waals surface area (Å²) in [6.45, 7) is 8.48. The predicted molar refractivity (Wildman–Crippen MR) is 89.5 cm³/mol. The van der Waals surface area contributed by atoms with Crippen molar-refractivity contribution in [1.82, 2.24) is 9.71 Å². The van der Waals surface area contributed by atoms with E-state index in [9.17, 15) is 12.8 Å². The molecule has 0 fully saturated rings. The summed E-state index contributed by atoms with van der Waals surface area (Å²) >= 11 is 0. The lowest BCUT2D eigenvalue weighted by Crippen LogP contribution is -2.40. The molecule has 0 saturated heterocycles. The summed E-state index contributed by atoms with van der Waals surface area (Å²) in [5.41, 5.74) is 2.23. The molecule has 0 aliphatic carbocycles. The molecule has 0 aliphatic heterocycles. The van der Waals surface area contributed by atoms with Crippen LogP contribution in [-0.4, -0.2) is 18.1 Å². The fourth-order valence-electron chi connectivity index (χ4n) is 1.91. The third kappa shape index (κ3) is 4.14. The molecule has 0 unspecified atom stereocenters. The summed E-state index contributed by atoms with van der Waals surface area (Å²) in [6.07, 6.45) is 1.61. The van der Waals surface area contributed by atoms with Gasteiger partial charge in [0.15, 0.2) is 0 Å². The smallest absolute Gasteiger partial charge is 0.217 e. The Hall–Kier alpha value is -1.79. The Morgan fingerprint density at radius 1 is 1.17 bits per heavy atom. The predicted octanol–water partition coefficient (Wildman–Crippen LogP) is 3.48. The molecule has 1 N–H and O–H groups in total. The van der Waals surface area contributed by atoms with Crippen LogP contribution in [0, 0.1) is 12.7 Å². The van der Waals surface area contributed by atoms with Gasteiger partial charge >= 0.3 is 0 Å². The molecule has 2 aromatic rings. The van der Waals surface area contributed by atoms with E-state index in [4.69, 9.17) is 0 Å². The van der Waals surface area contributed by atoms with Crippen molar-refractivity contribution in [3.05, 3.63) is 60.9 Å². The minimum atomic E-state index is -3.54. The molecule has 2 rings (SSSR count). The van der Waals surface area contributed by atoms with Crippen LogP contribution in [0.5, 0.6) is 0 Å². The lowest BCUT2D eigenvalue weighted by Gasteiger charge is -2.23. The minimum Gasteiger partial charge on any atom is -0.256 e. The molecule has 1 atom stereocenters. The van der Waals surface area contributed by atoms with Crippen LogP contribution < -0.4 is 4.72 Å². The Kier molecular flexibility index (Phi) is 4.87. The standard InChI is InChI=1S/C17H20FN2O2S/c1-12(20-23(21,22)17(2,3)4)14-7-10-16(19-11-14)13-5-8-15(18)9-6-13/h5-12,20H,2H2,1,3-4H3/t12-/m0/s1. The van der Waals surface area contributed by atoms with Gasteiger partial charge in [0.2, 0.25) is 10.0 Å². The topological polar surface area (TPSA) is 59.1 Å². The van der Waals surface area contributed by atoms with Gasteiger partial charge in [0.25, 0.3) is 0 Å². The van der Waals surface area contributed by atoms with Crippen molar-refractivity contribution >= 4 is 10.0 Å². The minimum absolute atomic E-state index is 0.302. The van der Waals surface area contributed by atoms with E-state index in [0.29, 0.717) is 5.69 Å². The molecule has 0 aliphatic rings. The van der Waals surface area contributed by atoms with Gasteiger partial charge in [-0.15, -0.1) is 0 Å². The van der Waals surface area contributed by atoms with E-state index < -0.39 is 20.8 Å². The molecule has 1 aromatic heterocycles. The normalized spacial score (nSPS) is 13.8. The van der Waals surface area contributed by atoms with E-state index in [2.05, 4.69) is 16.6 Å². The average molecular weight is 335 g/mol. The van der Waals surface area contributed by atoms with Crippen molar-refractivity contribution in [1.29, 1.82) is 0 Å². The van der Waals surface area contributed by atoms with Crippen LogP contribution in [0.4, 0.5) is 4.39 Å². The van der Waals surface area contributed by atoms with Crippen molar-refractivity contribution in [2.75, 3.05) is 0 Å². The lowest BCUT2D eigenvalue weighted by atomic mass is 10.1. The molecule has 4 nitrogen and oxygen atoms in total. The first kappa shape index (κ1) is 17.6. The SMILES string of the molecule is [CH2]C(C)(C)S(=O)(=O)N[C@@H](C)c1ccc(-c2ccc(F)cc2)nc1. The van der Waals surface area contributed by atoms with Crippen LogP contribution in [-0.2, 0) is 10.0 Å². The second kappa shape index (κ2) is 6.37. The first-order valence-corrected chi connectivity index (χ1v) is 8.67. The van der Waals surface area contributed by atoms with Crippen LogP contribution in [0.25, 0.3) is 11.3 Å². The van der Waals surface area contributed by atoms with Gasteiger partial charge in [-0.1, -0.05) is 6.07 Å². The molecule has 23 heavy (non-hydrogen) atoms. The van der Waals surface area contributed by atoms with Crippen molar-refractivity contribution in [2.45, 2.75) is 31.6 Å². The fraction of sp³-hybridized carbons (Fsp3) is 0.294. The van der Waals surface area contributed by atoms with Gasteiger partial charge in [-0.2, -0.15) is 0 Å². The van der Waals surface area contributed by atoms with Crippen LogP contribution in [0.1, 0.15) is 32.4 Å². The summed E-state index contributed by atoms with van der Waals surface area (Å²) in [7, 11) is -3.54. The second-order valence-corrected chi connectivity index (χ2v) is 8.43. The number of nitrogens with one attached hydrogen (secondary N) is 1. The van der Waals surface area contributed by atoms with Gasteiger partial charge in [-0.05, 0) is 63.6 Å². The summed E-state index contributed by atoms with van der Waals surface area (Å²) in [4.78, 5) is 4.32. The summed E-state index contributed by atoms with van der Waals surface area (Å²) < 4.78 is 38.7. The van der Waals surface area contributed by atoms with Gasteiger partial charge < -0.3 is 0 Å². The maximum atomic E-state index is 12.9. The van der Waals surface area contributed by atoms with Gasteiger partial charge in [0.1, 0.15) is 5.82 Å². The van der Waals surface area contributed by atoms with Crippen molar-refractivity contribution in [3.8, 4) is 11.3 Å². The number of benzene rings is 1. The molecular weight excluding hydrogens is 315 g/mol. The zero-order valence-electron chi connectivity index (χ0n) is 13.4. The van der Waals surface area contributed by atoms with Crippen molar-refractivity contribution in [3.63, 3.8) is 0 Å². The van der Waals surface area contributed by atoms with E-state index in [-0.39, 0.29) is 5.82 Å². The molecular formula is C17H20FN2O2S. The number of rotatable bonds is 5.